The number of rotatable bonds is 6. The first-order chi connectivity index (χ1) is 10.1. The van der Waals surface area contributed by atoms with Crippen molar-refractivity contribution in [1.29, 1.82) is 0 Å². The molecule has 0 bridgehead atoms. The highest BCUT2D eigenvalue weighted by Gasteiger charge is 2.13. The quantitative estimate of drug-likeness (QED) is 0.861. The number of aryl methyl sites for hydroxylation is 1. The SMILES string of the molecule is CCOc1cc(OCC)cc(C(=O)Nc2nnnn2C)c1. The van der Waals surface area contributed by atoms with Crippen molar-refractivity contribution in [3.63, 3.8) is 0 Å². The van der Waals surface area contributed by atoms with Crippen LogP contribution in [-0.4, -0.2) is 39.3 Å². The lowest BCUT2D eigenvalue weighted by molar-refractivity contribution is 0.102. The van der Waals surface area contributed by atoms with Gasteiger partial charge in [-0.15, -0.1) is 0 Å². The molecule has 1 heterocycles. The molecule has 2 rings (SSSR count). The van der Waals surface area contributed by atoms with E-state index >= 15 is 0 Å². The van der Waals surface area contributed by atoms with Crippen molar-refractivity contribution >= 4 is 11.9 Å². The first kappa shape index (κ1) is 14.8. The zero-order chi connectivity index (χ0) is 15.2. The highest BCUT2D eigenvalue weighted by molar-refractivity contribution is 6.03. The van der Waals surface area contributed by atoms with E-state index in [2.05, 4.69) is 20.8 Å². The van der Waals surface area contributed by atoms with E-state index in [1.165, 1.54) is 4.68 Å². The second-order valence-electron chi connectivity index (χ2n) is 4.14. The number of hydrogen-bond donors (Lipinski definition) is 1. The van der Waals surface area contributed by atoms with Crippen molar-refractivity contribution in [2.24, 2.45) is 7.05 Å². The number of amides is 1. The lowest BCUT2D eigenvalue weighted by Crippen LogP contribution is -2.15. The number of anilines is 1. The summed E-state index contributed by atoms with van der Waals surface area (Å²) < 4.78 is 12.2. The van der Waals surface area contributed by atoms with Crippen LogP contribution in [0.15, 0.2) is 18.2 Å². The van der Waals surface area contributed by atoms with E-state index in [-0.39, 0.29) is 11.9 Å². The monoisotopic (exact) mass is 291 g/mol. The standard InChI is InChI=1S/C13H17N5O3/c1-4-20-10-6-9(7-11(8-10)21-5-2)12(19)14-13-15-16-17-18(13)3/h6-8H,4-5H2,1-3H3,(H,14,15,17,19). The minimum atomic E-state index is -0.338. The molecule has 0 aliphatic carbocycles. The molecule has 0 saturated carbocycles. The molecule has 1 aromatic heterocycles. The van der Waals surface area contributed by atoms with Crippen LogP contribution < -0.4 is 14.8 Å². The van der Waals surface area contributed by atoms with Crippen molar-refractivity contribution in [2.45, 2.75) is 13.8 Å². The topological polar surface area (TPSA) is 91.2 Å². The summed E-state index contributed by atoms with van der Waals surface area (Å²) >= 11 is 0. The molecule has 0 aliphatic heterocycles. The Morgan fingerprint density at radius 2 is 1.81 bits per heavy atom. The van der Waals surface area contributed by atoms with Crippen molar-refractivity contribution in [1.82, 2.24) is 20.2 Å². The van der Waals surface area contributed by atoms with Gasteiger partial charge in [0, 0.05) is 18.7 Å². The first-order valence-electron chi connectivity index (χ1n) is 6.58. The molecule has 21 heavy (non-hydrogen) atoms. The van der Waals surface area contributed by atoms with Crippen molar-refractivity contribution in [2.75, 3.05) is 18.5 Å². The summed E-state index contributed by atoms with van der Waals surface area (Å²) in [6.45, 7) is 4.75. The summed E-state index contributed by atoms with van der Waals surface area (Å²) in [5, 5.41) is 13.4. The van der Waals surface area contributed by atoms with Gasteiger partial charge in [0.2, 0.25) is 5.95 Å². The Balaban J connectivity index is 2.24. The highest BCUT2D eigenvalue weighted by atomic mass is 16.5. The number of carbonyl (C=O) groups excluding carboxylic acids is 1. The Morgan fingerprint density at radius 3 is 2.29 bits per heavy atom. The molecule has 0 fully saturated rings. The summed E-state index contributed by atoms with van der Waals surface area (Å²) in [5.41, 5.74) is 0.410. The molecular formula is C13H17N5O3. The minimum Gasteiger partial charge on any atom is -0.494 e. The molecule has 8 heteroatoms. The number of nitrogens with zero attached hydrogens (tertiary/aromatic N) is 4. The molecule has 2 aromatic rings. The Labute approximate surface area is 122 Å². The average Bonchev–Trinajstić information content (AvgIpc) is 2.85. The lowest BCUT2D eigenvalue weighted by atomic mass is 10.2. The number of carbonyl (C=O) groups is 1. The van der Waals surface area contributed by atoms with Gasteiger partial charge in [0.05, 0.1) is 13.2 Å². The molecule has 0 aliphatic rings. The van der Waals surface area contributed by atoms with Gasteiger partial charge in [-0.3, -0.25) is 10.1 Å². The minimum absolute atomic E-state index is 0.264. The van der Waals surface area contributed by atoms with E-state index in [4.69, 9.17) is 9.47 Å². The zero-order valence-corrected chi connectivity index (χ0v) is 12.2. The molecule has 8 nitrogen and oxygen atoms in total. The Bertz CT molecular complexity index is 602. The zero-order valence-electron chi connectivity index (χ0n) is 12.2. The van der Waals surface area contributed by atoms with Gasteiger partial charge in [-0.1, -0.05) is 5.10 Å². The van der Waals surface area contributed by atoms with Crippen molar-refractivity contribution in [3.05, 3.63) is 23.8 Å². The summed E-state index contributed by atoms with van der Waals surface area (Å²) in [7, 11) is 1.64. The van der Waals surface area contributed by atoms with E-state index in [0.717, 1.165) is 0 Å². The largest absolute Gasteiger partial charge is 0.494 e. The van der Waals surface area contributed by atoms with Crippen LogP contribution in [-0.2, 0) is 7.05 Å². The number of ether oxygens (including phenoxy) is 2. The van der Waals surface area contributed by atoms with Crippen LogP contribution in [0.5, 0.6) is 11.5 Å². The fourth-order valence-corrected chi connectivity index (χ4v) is 1.71. The summed E-state index contributed by atoms with van der Waals surface area (Å²) in [6, 6.07) is 5.03. The Morgan fingerprint density at radius 1 is 1.19 bits per heavy atom. The van der Waals surface area contributed by atoms with Crippen LogP contribution in [0.4, 0.5) is 5.95 Å². The van der Waals surface area contributed by atoms with Gasteiger partial charge in [-0.2, -0.15) is 0 Å². The molecule has 1 N–H and O–H groups in total. The second-order valence-corrected chi connectivity index (χ2v) is 4.14. The van der Waals surface area contributed by atoms with Crippen LogP contribution in [0, 0.1) is 0 Å². The van der Waals surface area contributed by atoms with Gasteiger partial charge >= 0.3 is 0 Å². The first-order valence-corrected chi connectivity index (χ1v) is 6.58. The average molecular weight is 291 g/mol. The maximum absolute atomic E-state index is 12.2. The third kappa shape index (κ3) is 3.68. The van der Waals surface area contributed by atoms with Gasteiger partial charge in [0.15, 0.2) is 0 Å². The third-order valence-electron chi connectivity index (χ3n) is 2.61. The number of aromatic nitrogens is 4. The molecule has 0 atom stereocenters. The normalized spacial score (nSPS) is 10.2. The number of hydrogen-bond acceptors (Lipinski definition) is 6. The van der Waals surface area contributed by atoms with Gasteiger partial charge in [0.25, 0.3) is 5.91 Å². The van der Waals surface area contributed by atoms with Crippen LogP contribution in [0.3, 0.4) is 0 Å². The van der Waals surface area contributed by atoms with E-state index in [1.807, 2.05) is 13.8 Å². The van der Waals surface area contributed by atoms with Crippen LogP contribution in [0.2, 0.25) is 0 Å². The van der Waals surface area contributed by atoms with Crippen LogP contribution in [0.25, 0.3) is 0 Å². The fraction of sp³-hybridized carbons (Fsp3) is 0.385. The molecule has 112 valence electrons. The molecule has 0 spiro atoms. The molecule has 0 radical (unpaired) electrons. The Kier molecular flexibility index (Phi) is 4.70. The van der Waals surface area contributed by atoms with E-state index in [9.17, 15) is 4.79 Å². The van der Waals surface area contributed by atoms with Gasteiger partial charge in [-0.05, 0) is 36.4 Å². The van der Waals surface area contributed by atoms with E-state index < -0.39 is 0 Å². The molecular weight excluding hydrogens is 274 g/mol. The molecule has 0 saturated heterocycles. The summed E-state index contributed by atoms with van der Waals surface area (Å²) in [4.78, 5) is 12.2. The third-order valence-corrected chi connectivity index (χ3v) is 2.61. The van der Waals surface area contributed by atoms with Gasteiger partial charge < -0.3 is 9.47 Å². The van der Waals surface area contributed by atoms with E-state index in [1.54, 1.807) is 25.2 Å². The van der Waals surface area contributed by atoms with Gasteiger partial charge in [0.1, 0.15) is 11.5 Å². The van der Waals surface area contributed by atoms with Crippen LogP contribution >= 0.6 is 0 Å². The maximum atomic E-state index is 12.2. The Hall–Kier alpha value is -2.64. The second kappa shape index (κ2) is 6.69. The molecule has 1 amide bonds. The predicted octanol–water partition coefficient (Wildman–Crippen LogP) is 1.26. The highest BCUT2D eigenvalue weighted by Crippen LogP contribution is 2.23. The maximum Gasteiger partial charge on any atom is 0.258 e. The van der Waals surface area contributed by atoms with Crippen molar-refractivity contribution in [3.8, 4) is 11.5 Å². The molecule has 0 unspecified atom stereocenters. The lowest BCUT2D eigenvalue weighted by Gasteiger charge is -2.10. The van der Waals surface area contributed by atoms with Crippen LogP contribution in [0.1, 0.15) is 24.2 Å². The van der Waals surface area contributed by atoms with Crippen molar-refractivity contribution < 1.29 is 14.3 Å². The summed E-state index contributed by atoms with van der Waals surface area (Å²) in [6.07, 6.45) is 0. The van der Waals surface area contributed by atoms with Gasteiger partial charge in [-0.25, -0.2) is 4.68 Å². The number of tetrazole rings is 1. The summed E-state index contributed by atoms with van der Waals surface area (Å²) in [5.74, 6) is 1.07. The number of nitrogens with one attached hydrogen (secondary N) is 1. The predicted molar refractivity (Wildman–Crippen MR) is 75.5 cm³/mol. The smallest absolute Gasteiger partial charge is 0.258 e. The fourth-order valence-electron chi connectivity index (χ4n) is 1.71. The van der Waals surface area contributed by atoms with E-state index in [0.29, 0.717) is 30.3 Å². The molecule has 1 aromatic carbocycles. The number of benzene rings is 1.